The molecule has 1 aliphatic heterocycles. The highest BCUT2D eigenvalue weighted by Gasteiger charge is 2.44. The Morgan fingerprint density at radius 3 is 2.38 bits per heavy atom. The summed E-state index contributed by atoms with van der Waals surface area (Å²) in [6.07, 6.45) is 0.943. The Labute approximate surface area is 170 Å². The highest BCUT2D eigenvalue weighted by atomic mass is 16.2. The first-order valence-electron chi connectivity index (χ1n) is 9.66. The maximum Gasteiger partial charge on any atom is 0.257 e. The number of hydrogen-bond donors (Lipinski definition) is 0. The molecule has 1 saturated heterocycles. The molecule has 0 N–H and O–H groups in total. The minimum absolute atomic E-state index is 0.0415. The lowest BCUT2D eigenvalue weighted by Crippen LogP contribution is -2.45. The molecule has 1 atom stereocenters. The van der Waals surface area contributed by atoms with Crippen LogP contribution in [0.2, 0.25) is 0 Å². The molecule has 1 heterocycles. The molecule has 1 aliphatic rings. The first-order chi connectivity index (χ1) is 13.9. The number of anilines is 1. The zero-order chi connectivity index (χ0) is 21.0. The molecule has 0 saturated carbocycles. The van der Waals surface area contributed by atoms with Gasteiger partial charge in [0.05, 0.1) is 23.7 Å². The molecule has 6 nitrogen and oxygen atoms in total. The molecule has 0 aromatic heterocycles. The number of aryl methyl sites for hydroxylation is 1. The van der Waals surface area contributed by atoms with Crippen LogP contribution < -0.4 is 4.90 Å². The summed E-state index contributed by atoms with van der Waals surface area (Å²) in [6, 6.07) is 15.3. The Morgan fingerprint density at radius 1 is 1.14 bits per heavy atom. The zero-order valence-corrected chi connectivity index (χ0v) is 16.6. The van der Waals surface area contributed by atoms with Crippen LogP contribution in [0.5, 0.6) is 0 Å². The van der Waals surface area contributed by atoms with Crippen LogP contribution in [0.25, 0.3) is 0 Å². The molecule has 3 rings (SSSR count). The molecule has 0 bridgehead atoms. The zero-order valence-electron chi connectivity index (χ0n) is 16.6. The Kier molecular flexibility index (Phi) is 6.08. The van der Waals surface area contributed by atoms with Crippen LogP contribution in [0, 0.1) is 18.3 Å². The van der Waals surface area contributed by atoms with Crippen LogP contribution in [0.4, 0.5) is 5.69 Å². The number of imide groups is 1. The fourth-order valence-electron chi connectivity index (χ4n) is 3.44. The minimum Gasteiger partial charge on any atom is -0.326 e. The average molecular weight is 389 g/mol. The largest absolute Gasteiger partial charge is 0.326 e. The van der Waals surface area contributed by atoms with E-state index >= 15 is 0 Å². The number of hydrogen-bond acceptors (Lipinski definition) is 4. The van der Waals surface area contributed by atoms with Gasteiger partial charge in [-0.3, -0.25) is 14.4 Å². The third kappa shape index (κ3) is 4.35. The van der Waals surface area contributed by atoms with Crippen LogP contribution in [0.3, 0.4) is 0 Å². The number of carbonyl (C=O) groups excluding carboxylic acids is 3. The van der Waals surface area contributed by atoms with Crippen molar-refractivity contribution >= 4 is 23.4 Å². The van der Waals surface area contributed by atoms with Gasteiger partial charge in [0.1, 0.15) is 6.04 Å². The maximum atomic E-state index is 13.1. The number of rotatable bonds is 6. The molecule has 1 unspecified atom stereocenters. The van der Waals surface area contributed by atoms with Crippen LogP contribution in [0.1, 0.15) is 42.9 Å². The lowest BCUT2D eigenvalue weighted by Gasteiger charge is -2.28. The van der Waals surface area contributed by atoms with Gasteiger partial charge in [-0.15, -0.1) is 0 Å². The van der Waals surface area contributed by atoms with Crippen LogP contribution in [-0.2, 0) is 20.9 Å². The molecule has 0 radical (unpaired) electrons. The molecule has 148 valence electrons. The van der Waals surface area contributed by atoms with Crippen molar-refractivity contribution in [3.63, 3.8) is 0 Å². The minimum atomic E-state index is -0.821. The van der Waals surface area contributed by atoms with Crippen molar-refractivity contribution < 1.29 is 14.4 Å². The van der Waals surface area contributed by atoms with E-state index in [1.54, 1.807) is 24.3 Å². The van der Waals surface area contributed by atoms with E-state index < -0.39 is 11.9 Å². The van der Waals surface area contributed by atoms with E-state index in [1.165, 1.54) is 4.90 Å². The van der Waals surface area contributed by atoms with E-state index in [9.17, 15) is 14.4 Å². The van der Waals surface area contributed by atoms with E-state index in [-0.39, 0.29) is 24.8 Å². The summed E-state index contributed by atoms with van der Waals surface area (Å²) >= 11 is 0. The Morgan fingerprint density at radius 2 is 1.79 bits per heavy atom. The van der Waals surface area contributed by atoms with Gasteiger partial charge in [-0.25, -0.2) is 4.90 Å². The van der Waals surface area contributed by atoms with Crippen molar-refractivity contribution in [2.75, 3.05) is 4.90 Å². The number of amides is 3. The summed E-state index contributed by atoms with van der Waals surface area (Å²) in [5.74, 6) is -0.889. The predicted octanol–water partition coefficient (Wildman–Crippen LogP) is 3.33. The predicted molar refractivity (Wildman–Crippen MR) is 109 cm³/mol. The van der Waals surface area contributed by atoms with Crippen molar-refractivity contribution in [3.8, 4) is 6.07 Å². The lowest BCUT2D eigenvalue weighted by molar-refractivity contribution is -0.139. The molecular weight excluding hydrogens is 366 g/mol. The molecule has 29 heavy (non-hydrogen) atoms. The van der Waals surface area contributed by atoms with Gasteiger partial charge in [0.25, 0.3) is 5.91 Å². The van der Waals surface area contributed by atoms with E-state index in [0.29, 0.717) is 24.1 Å². The standard InChI is InChI=1S/C23H23N3O3/c1-3-4-21(27)25(15-18-7-5-16(2)6-8-18)20-13-22(28)26(23(20)29)19-11-9-17(14-24)10-12-19/h5-12,20H,3-4,13,15H2,1-2H3. The number of benzene rings is 2. The van der Waals surface area contributed by atoms with Gasteiger partial charge in [0, 0.05) is 13.0 Å². The summed E-state index contributed by atoms with van der Waals surface area (Å²) in [4.78, 5) is 41.2. The third-order valence-corrected chi connectivity index (χ3v) is 5.01. The summed E-state index contributed by atoms with van der Waals surface area (Å²) in [5.41, 5.74) is 2.89. The van der Waals surface area contributed by atoms with Gasteiger partial charge in [0.2, 0.25) is 11.8 Å². The highest BCUT2D eigenvalue weighted by molar-refractivity contribution is 6.23. The first kappa shape index (κ1) is 20.3. The quantitative estimate of drug-likeness (QED) is 0.710. The van der Waals surface area contributed by atoms with Crippen molar-refractivity contribution in [1.29, 1.82) is 5.26 Å². The summed E-state index contributed by atoms with van der Waals surface area (Å²) in [5, 5.41) is 8.94. The monoisotopic (exact) mass is 389 g/mol. The summed E-state index contributed by atoms with van der Waals surface area (Å²) in [7, 11) is 0. The van der Waals surface area contributed by atoms with Crippen molar-refractivity contribution in [2.45, 2.75) is 45.7 Å². The maximum absolute atomic E-state index is 13.1. The van der Waals surface area contributed by atoms with E-state index in [2.05, 4.69) is 0 Å². The molecular formula is C23H23N3O3. The highest BCUT2D eigenvalue weighted by Crippen LogP contribution is 2.27. The number of nitrogens with zero attached hydrogens (tertiary/aromatic N) is 3. The van der Waals surface area contributed by atoms with Gasteiger partial charge in [-0.1, -0.05) is 36.8 Å². The summed E-state index contributed by atoms with van der Waals surface area (Å²) in [6.45, 7) is 4.18. The van der Waals surface area contributed by atoms with Crippen LogP contribution in [-0.4, -0.2) is 28.7 Å². The SMILES string of the molecule is CCCC(=O)N(Cc1ccc(C)cc1)C1CC(=O)N(c2ccc(C#N)cc2)C1=O. The van der Waals surface area contributed by atoms with Gasteiger partial charge in [0.15, 0.2) is 0 Å². The molecule has 0 aliphatic carbocycles. The van der Waals surface area contributed by atoms with Gasteiger partial charge in [-0.05, 0) is 43.2 Å². The topological polar surface area (TPSA) is 81.5 Å². The molecule has 3 amide bonds. The fraction of sp³-hybridized carbons (Fsp3) is 0.304. The van der Waals surface area contributed by atoms with Gasteiger partial charge < -0.3 is 4.90 Å². The van der Waals surface area contributed by atoms with E-state index in [4.69, 9.17) is 5.26 Å². The number of carbonyl (C=O) groups is 3. The smallest absolute Gasteiger partial charge is 0.257 e. The third-order valence-electron chi connectivity index (χ3n) is 5.01. The Bertz CT molecular complexity index is 958. The van der Waals surface area contributed by atoms with Crippen molar-refractivity contribution in [2.24, 2.45) is 0 Å². The fourth-order valence-corrected chi connectivity index (χ4v) is 3.44. The van der Waals surface area contributed by atoms with Gasteiger partial charge >= 0.3 is 0 Å². The molecule has 2 aromatic carbocycles. The van der Waals surface area contributed by atoms with Crippen molar-refractivity contribution in [3.05, 3.63) is 65.2 Å². The van der Waals surface area contributed by atoms with E-state index in [1.807, 2.05) is 44.2 Å². The van der Waals surface area contributed by atoms with Crippen molar-refractivity contribution in [1.82, 2.24) is 4.90 Å². The van der Waals surface area contributed by atoms with Crippen LogP contribution >= 0.6 is 0 Å². The second kappa shape index (κ2) is 8.70. The molecule has 0 spiro atoms. The average Bonchev–Trinajstić information content (AvgIpc) is 3.01. The Balaban J connectivity index is 1.88. The Hall–Kier alpha value is -3.46. The van der Waals surface area contributed by atoms with Gasteiger partial charge in [-0.2, -0.15) is 5.26 Å². The second-order valence-corrected chi connectivity index (χ2v) is 7.20. The first-order valence-corrected chi connectivity index (χ1v) is 9.66. The number of nitriles is 1. The van der Waals surface area contributed by atoms with E-state index in [0.717, 1.165) is 16.0 Å². The normalized spacial score (nSPS) is 16.0. The second-order valence-electron chi connectivity index (χ2n) is 7.20. The lowest BCUT2D eigenvalue weighted by atomic mass is 10.1. The summed E-state index contributed by atoms with van der Waals surface area (Å²) < 4.78 is 0. The molecule has 2 aromatic rings. The molecule has 6 heteroatoms. The van der Waals surface area contributed by atoms with Crippen LogP contribution in [0.15, 0.2) is 48.5 Å². The molecule has 1 fully saturated rings.